The number of carbonyl (C=O) groups is 2. The fraction of sp³-hybridized carbons (Fsp3) is 0.442. The predicted octanol–water partition coefficient (Wildman–Crippen LogP) is 9.85. The van der Waals surface area contributed by atoms with E-state index in [-0.39, 0.29) is 36.1 Å². The van der Waals surface area contributed by atoms with Crippen LogP contribution in [0, 0.1) is 5.92 Å². The largest absolute Gasteiger partial charge is 0.508 e. The topological polar surface area (TPSA) is 165 Å². The van der Waals surface area contributed by atoms with Crippen molar-refractivity contribution >= 4 is 23.4 Å². The number of rotatable bonds is 13. The molecule has 16 nitrogen and oxygen atoms in total. The van der Waals surface area contributed by atoms with E-state index in [0.29, 0.717) is 54.2 Å². The van der Waals surface area contributed by atoms with E-state index in [1.54, 1.807) is 41.3 Å². The number of aromatic nitrogens is 5. The molecule has 4 aliphatic rings. The molecule has 0 unspecified atom stereocenters. The summed E-state index contributed by atoms with van der Waals surface area (Å²) in [6.07, 6.45) is 3.01. The Bertz CT molecular complexity index is 2700. The van der Waals surface area contributed by atoms with Gasteiger partial charge in [-0.15, -0.1) is 20.4 Å². The quantitative estimate of drug-likeness (QED) is 0.109. The molecule has 1 N–H and O–H groups in total. The summed E-state index contributed by atoms with van der Waals surface area (Å²) in [4.78, 5) is 43.9. The van der Waals surface area contributed by atoms with Crippen molar-refractivity contribution in [2.45, 2.75) is 90.4 Å². The van der Waals surface area contributed by atoms with E-state index in [4.69, 9.17) is 8.83 Å². The van der Waals surface area contributed by atoms with Gasteiger partial charge in [-0.25, -0.2) is 9.59 Å². The highest BCUT2D eigenvalue weighted by Crippen LogP contribution is 2.33. The summed E-state index contributed by atoms with van der Waals surface area (Å²) in [5.74, 6) is -0.521. The van der Waals surface area contributed by atoms with Crippen LogP contribution in [-0.2, 0) is 19.5 Å². The zero-order chi connectivity index (χ0) is 50.3. The summed E-state index contributed by atoms with van der Waals surface area (Å²) in [6.45, 7) is 11.3. The molecule has 2 aliphatic heterocycles. The van der Waals surface area contributed by atoms with Gasteiger partial charge < -0.3 is 23.7 Å². The highest BCUT2D eigenvalue weighted by atomic mass is 19.3. The van der Waals surface area contributed by atoms with Crippen molar-refractivity contribution in [3.8, 4) is 28.7 Å². The van der Waals surface area contributed by atoms with Gasteiger partial charge in [0.15, 0.2) is 0 Å². The van der Waals surface area contributed by atoms with Crippen LogP contribution < -0.4 is 9.80 Å². The molecule has 0 atom stereocenters. The van der Waals surface area contributed by atoms with Crippen LogP contribution in [0.2, 0.25) is 0 Å². The molecule has 3 aromatic carbocycles. The van der Waals surface area contributed by atoms with Crippen LogP contribution in [0.4, 0.5) is 38.5 Å². The van der Waals surface area contributed by atoms with E-state index in [2.05, 4.69) is 61.2 Å². The van der Waals surface area contributed by atoms with Crippen LogP contribution >= 0.6 is 0 Å². The third-order valence-electron chi connectivity index (χ3n) is 14.1. The number of amides is 4. The summed E-state index contributed by atoms with van der Waals surface area (Å²) in [5.41, 5.74) is 5.16. The van der Waals surface area contributed by atoms with Crippen molar-refractivity contribution in [2.75, 3.05) is 62.2 Å². The number of phenolic OH excluding ortho intramolecular Hbond substituents is 1. The minimum absolute atomic E-state index is 0.00608. The number of aromatic hydroxyl groups is 1. The number of aryl methyl sites for hydroxylation is 1. The van der Waals surface area contributed by atoms with E-state index in [1.165, 1.54) is 56.0 Å². The van der Waals surface area contributed by atoms with Gasteiger partial charge in [-0.2, -0.15) is 17.6 Å². The highest BCUT2D eigenvalue weighted by Gasteiger charge is 2.35. The van der Waals surface area contributed by atoms with E-state index in [9.17, 15) is 32.3 Å². The van der Waals surface area contributed by atoms with E-state index in [0.717, 1.165) is 62.9 Å². The molecule has 3 aromatic heterocycles. The number of halogens is 4. The molecular weight excluding hydrogens is 935 g/mol. The predicted molar refractivity (Wildman–Crippen MR) is 260 cm³/mol. The van der Waals surface area contributed by atoms with Crippen LogP contribution in [0.1, 0.15) is 87.4 Å². The summed E-state index contributed by atoms with van der Waals surface area (Å²) >= 11 is 0. The molecule has 5 heterocycles. The number of alkyl halides is 4. The van der Waals surface area contributed by atoms with Crippen molar-refractivity contribution in [3.63, 3.8) is 0 Å². The summed E-state index contributed by atoms with van der Waals surface area (Å²) < 4.78 is 61.1. The third-order valence-corrected chi connectivity index (χ3v) is 14.1. The van der Waals surface area contributed by atoms with Crippen molar-refractivity contribution in [1.82, 2.24) is 45.0 Å². The maximum Gasteiger partial charge on any atom is 0.324 e. The molecule has 0 spiro atoms. The van der Waals surface area contributed by atoms with Gasteiger partial charge in [0.1, 0.15) is 5.75 Å². The first kappa shape index (κ1) is 50.0. The number of nitrogens with zero attached hydrogens (tertiary/aromatic N) is 11. The Morgan fingerprint density at radius 3 is 1.57 bits per heavy atom. The van der Waals surface area contributed by atoms with Gasteiger partial charge >= 0.3 is 24.9 Å². The lowest BCUT2D eigenvalue weighted by Crippen LogP contribution is -2.57. The molecule has 2 saturated heterocycles. The first-order chi connectivity index (χ1) is 34.9. The minimum atomic E-state index is -2.84. The average molecular weight is 994 g/mol. The van der Waals surface area contributed by atoms with Crippen molar-refractivity contribution in [1.29, 1.82) is 0 Å². The van der Waals surface area contributed by atoms with E-state index < -0.39 is 24.6 Å². The lowest BCUT2D eigenvalue weighted by Gasteiger charge is -2.46. The molecule has 4 amide bonds. The van der Waals surface area contributed by atoms with Gasteiger partial charge in [-0.1, -0.05) is 44.5 Å². The van der Waals surface area contributed by atoms with Crippen LogP contribution in [0.25, 0.3) is 22.9 Å². The molecule has 0 bridgehead atoms. The molecule has 2 saturated carbocycles. The first-order valence-electron chi connectivity index (χ1n) is 24.7. The Labute approximate surface area is 415 Å². The number of piperazine rings is 2. The monoisotopic (exact) mass is 993 g/mol. The number of phenols is 1. The maximum absolute atomic E-state index is 13.8. The number of hydrogen-bond acceptors (Lipinski definition) is 12. The van der Waals surface area contributed by atoms with Crippen LogP contribution in [0.15, 0.2) is 100.0 Å². The normalized spacial score (nSPS) is 18.6. The fourth-order valence-electron chi connectivity index (χ4n) is 9.51. The van der Waals surface area contributed by atoms with Gasteiger partial charge in [0, 0.05) is 87.6 Å². The standard InChI is InChI=1S/C28H33F2N5O2.C24H26F2N6O3/c1-3-20-6-10-23(11-7-20)35(28(36)34-14-12-33(13-15-34)24-16-19(2)17-24)18-21-4-8-22(9-5-21)26-31-32-27(37-26)25(29)30;25-21(26)23-29-28-22(35-23)16-4-5-17(27-14-16)15-32(19-6-8-20(33)9-7-19)24(34)31-12-10-30(11-13-31)18-2-1-3-18/h4-11,19,24-25H,3,12-18H2,1-2H3;4-9,14,18,21,33H,1-3,10-13,15H2. The van der Waals surface area contributed by atoms with Gasteiger partial charge in [-0.05, 0) is 110 Å². The van der Waals surface area contributed by atoms with Crippen LogP contribution in [0.5, 0.6) is 5.75 Å². The number of pyridine rings is 1. The SMILES string of the molecule is CCc1ccc(N(Cc2ccc(-c3nnc(C(F)F)o3)cc2)C(=O)N2CCN(C3CC(C)C3)CC2)cc1.O=C(N1CCN(C2CCC2)CC1)N(Cc1ccc(-c2nnc(C(F)F)o2)cn1)c1ccc(O)cc1. The van der Waals surface area contributed by atoms with Crippen LogP contribution in [0.3, 0.4) is 0 Å². The number of anilines is 2. The van der Waals surface area contributed by atoms with Gasteiger partial charge in [0.05, 0.1) is 24.3 Å². The Kier molecular flexibility index (Phi) is 15.7. The molecule has 20 heteroatoms. The first-order valence-corrected chi connectivity index (χ1v) is 24.7. The number of hydrogen-bond donors (Lipinski definition) is 1. The summed E-state index contributed by atoms with van der Waals surface area (Å²) in [5, 5.41) is 23.8. The molecule has 72 heavy (non-hydrogen) atoms. The fourth-order valence-corrected chi connectivity index (χ4v) is 9.51. The maximum atomic E-state index is 13.8. The zero-order valence-electron chi connectivity index (χ0n) is 40.4. The molecule has 380 valence electrons. The Morgan fingerprint density at radius 1 is 0.625 bits per heavy atom. The van der Waals surface area contributed by atoms with Gasteiger partial charge in [0.25, 0.3) is 11.8 Å². The smallest absolute Gasteiger partial charge is 0.324 e. The number of carbonyl (C=O) groups excluding carboxylic acids is 2. The second-order valence-electron chi connectivity index (χ2n) is 18.9. The van der Waals surface area contributed by atoms with Crippen molar-refractivity contribution in [2.24, 2.45) is 5.92 Å². The average Bonchev–Trinajstić information content (AvgIpc) is 4.09. The number of benzene rings is 3. The molecule has 10 rings (SSSR count). The second kappa shape index (κ2) is 22.7. The van der Waals surface area contributed by atoms with Crippen LogP contribution in [-0.4, -0.2) is 127 Å². The number of urea groups is 2. The van der Waals surface area contributed by atoms with Crippen molar-refractivity contribution in [3.05, 3.63) is 120 Å². The Morgan fingerprint density at radius 2 is 1.11 bits per heavy atom. The minimum Gasteiger partial charge on any atom is -0.508 e. The molecule has 4 fully saturated rings. The summed E-state index contributed by atoms with van der Waals surface area (Å²) in [7, 11) is 0. The lowest BCUT2D eigenvalue weighted by atomic mass is 9.80. The lowest BCUT2D eigenvalue weighted by molar-refractivity contribution is 0.0485. The van der Waals surface area contributed by atoms with Gasteiger partial charge in [-0.3, -0.25) is 24.6 Å². The Hall–Kier alpha value is -6.93. The van der Waals surface area contributed by atoms with Crippen molar-refractivity contribution < 1.29 is 41.1 Å². The van der Waals surface area contributed by atoms with E-state index in [1.807, 2.05) is 39.0 Å². The molecule has 2 aliphatic carbocycles. The molecule has 6 aromatic rings. The van der Waals surface area contributed by atoms with E-state index >= 15 is 0 Å². The highest BCUT2D eigenvalue weighted by molar-refractivity contribution is 5.93. The third kappa shape index (κ3) is 11.9. The molecular formula is C52H59F4N11O5. The molecule has 0 radical (unpaired) electrons. The second-order valence-corrected chi connectivity index (χ2v) is 18.9. The summed E-state index contributed by atoms with van der Waals surface area (Å²) in [6, 6.07) is 26.3. The zero-order valence-corrected chi connectivity index (χ0v) is 40.4. The Balaban J connectivity index is 0.000000178. The van der Waals surface area contributed by atoms with Gasteiger partial charge in [0.2, 0.25) is 11.8 Å².